The highest BCUT2D eigenvalue weighted by molar-refractivity contribution is 5.22. The molecule has 106 valence electrons. The van der Waals surface area contributed by atoms with Crippen molar-refractivity contribution in [1.82, 2.24) is 5.32 Å². The van der Waals surface area contributed by atoms with E-state index in [1.807, 2.05) is 6.92 Å². The molecule has 0 aliphatic heterocycles. The van der Waals surface area contributed by atoms with E-state index < -0.39 is 0 Å². The average Bonchev–Trinajstić information content (AvgIpc) is 2.91. The van der Waals surface area contributed by atoms with Gasteiger partial charge in [-0.25, -0.2) is 8.78 Å². The van der Waals surface area contributed by atoms with Crippen molar-refractivity contribution in [1.29, 1.82) is 0 Å². The topological polar surface area (TPSA) is 12.0 Å². The van der Waals surface area contributed by atoms with Crippen molar-refractivity contribution in [2.45, 2.75) is 51.5 Å². The lowest BCUT2D eigenvalue weighted by molar-refractivity contribution is 0.406. The Kier molecular flexibility index (Phi) is 5.32. The van der Waals surface area contributed by atoms with Crippen LogP contribution in [0.3, 0.4) is 0 Å². The smallest absolute Gasteiger partial charge is 0.128 e. The Labute approximate surface area is 114 Å². The largest absolute Gasteiger partial charge is 0.310 e. The zero-order valence-corrected chi connectivity index (χ0v) is 11.6. The number of rotatable bonds is 6. The monoisotopic (exact) mass is 267 g/mol. The summed E-state index contributed by atoms with van der Waals surface area (Å²) in [6.45, 7) is 2.77. The molecule has 1 aromatic carbocycles. The molecule has 1 aliphatic carbocycles. The number of hydrogen-bond donors (Lipinski definition) is 1. The molecule has 0 amide bonds. The van der Waals surface area contributed by atoms with Crippen molar-refractivity contribution in [2.24, 2.45) is 5.92 Å². The fourth-order valence-electron chi connectivity index (χ4n) is 3.10. The fraction of sp³-hybridized carbons (Fsp3) is 0.625. The van der Waals surface area contributed by atoms with Gasteiger partial charge in [0.15, 0.2) is 0 Å². The lowest BCUT2D eigenvalue weighted by atomic mass is 9.94. The molecule has 1 atom stereocenters. The Morgan fingerprint density at radius 2 is 2.00 bits per heavy atom. The minimum Gasteiger partial charge on any atom is -0.310 e. The molecule has 19 heavy (non-hydrogen) atoms. The van der Waals surface area contributed by atoms with E-state index in [1.165, 1.54) is 43.9 Å². The van der Waals surface area contributed by atoms with Gasteiger partial charge in [0.05, 0.1) is 0 Å². The van der Waals surface area contributed by atoms with Gasteiger partial charge in [-0.2, -0.15) is 0 Å². The van der Waals surface area contributed by atoms with Crippen molar-refractivity contribution in [3.05, 3.63) is 35.4 Å². The normalized spacial score (nSPS) is 17.8. The second-order valence-electron chi connectivity index (χ2n) is 5.50. The predicted molar refractivity (Wildman–Crippen MR) is 74.0 cm³/mol. The van der Waals surface area contributed by atoms with E-state index >= 15 is 0 Å². The summed E-state index contributed by atoms with van der Waals surface area (Å²) in [6.07, 6.45) is 7.23. The van der Waals surface area contributed by atoms with Crippen LogP contribution in [-0.2, 0) is 0 Å². The maximum atomic E-state index is 13.8. The molecular formula is C16H23F2N. The second-order valence-corrected chi connectivity index (χ2v) is 5.50. The molecule has 1 unspecified atom stereocenters. The van der Waals surface area contributed by atoms with Gasteiger partial charge in [0, 0.05) is 11.6 Å². The molecule has 1 aromatic rings. The van der Waals surface area contributed by atoms with Crippen LogP contribution in [0.15, 0.2) is 18.2 Å². The van der Waals surface area contributed by atoms with Crippen LogP contribution in [0.25, 0.3) is 0 Å². The highest BCUT2D eigenvalue weighted by Gasteiger charge is 2.20. The summed E-state index contributed by atoms with van der Waals surface area (Å²) in [4.78, 5) is 0. The first kappa shape index (κ1) is 14.4. The number of benzene rings is 1. The zero-order chi connectivity index (χ0) is 13.7. The van der Waals surface area contributed by atoms with E-state index in [-0.39, 0.29) is 17.7 Å². The Bertz CT molecular complexity index is 400. The molecule has 0 spiro atoms. The molecule has 1 saturated carbocycles. The lowest BCUT2D eigenvalue weighted by Gasteiger charge is -2.21. The van der Waals surface area contributed by atoms with Crippen LogP contribution >= 0.6 is 0 Å². The van der Waals surface area contributed by atoms with E-state index in [9.17, 15) is 8.78 Å². The van der Waals surface area contributed by atoms with Gasteiger partial charge in [-0.1, -0.05) is 32.6 Å². The maximum absolute atomic E-state index is 13.8. The van der Waals surface area contributed by atoms with E-state index in [0.29, 0.717) is 5.56 Å². The molecule has 0 radical (unpaired) electrons. The molecule has 0 saturated heterocycles. The van der Waals surface area contributed by atoms with E-state index in [4.69, 9.17) is 0 Å². The summed E-state index contributed by atoms with van der Waals surface area (Å²) in [5.74, 6) is 0.108. The van der Waals surface area contributed by atoms with Crippen molar-refractivity contribution in [3.8, 4) is 0 Å². The maximum Gasteiger partial charge on any atom is 0.128 e. The Hall–Kier alpha value is -0.960. The van der Waals surface area contributed by atoms with Gasteiger partial charge in [0.25, 0.3) is 0 Å². The van der Waals surface area contributed by atoms with Gasteiger partial charge in [0.2, 0.25) is 0 Å². The summed E-state index contributed by atoms with van der Waals surface area (Å²) >= 11 is 0. The van der Waals surface area contributed by atoms with Gasteiger partial charge < -0.3 is 5.32 Å². The fourth-order valence-corrected chi connectivity index (χ4v) is 3.10. The molecule has 1 aliphatic rings. The molecular weight excluding hydrogens is 244 g/mol. The highest BCUT2D eigenvalue weighted by Crippen LogP contribution is 2.32. The van der Waals surface area contributed by atoms with Crippen LogP contribution < -0.4 is 5.32 Å². The van der Waals surface area contributed by atoms with Crippen molar-refractivity contribution in [3.63, 3.8) is 0 Å². The first-order valence-electron chi connectivity index (χ1n) is 7.39. The zero-order valence-electron chi connectivity index (χ0n) is 11.6. The van der Waals surface area contributed by atoms with Crippen LogP contribution in [0.5, 0.6) is 0 Å². The van der Waals surface area contributed by atoms with Gasteiger partial charge >= 0.3 is 0 Å². The summed E-state index contributed by atoms with van der Waals surface area (Å²) in [6, 6.07) is 3.67. The second kappa shape index (κ2) is 6.99. The number of hydrogen-bond acceptors (Lipinski definition) is 1. The van der Waals surface area contributed by atoms with Crippen LogP contribution in [0.1, 0.15) is 57.1 Å². The minimum atomic E-state index is -0.361. The minimum absolute atomic E-state index is 0.0682. The standard InChI is InChI=1S/C16H23F2N/c1-2-19-16(10-7-12-5-3-4-6-12)14-11-13(17)8-9-15(14)18/h8-9,11-12,16,19H,2-7,10H2,1H3. The molecule has 0 heterocycles. The summed E-state index contributed by atoms with van der Waals surface area (Å²) < 4.78 is 27.1. The first-order chi connectivity index (χ1) is 9.20. The molecule has 3 heteroatoms. The summed E-state index contributed by atoms with van der Waals surface area (Å²) in [7, 11) is 0. The highest BCUT2D eigenvalue weighted by atomic mass is 19.1. The predicted octanol–water partition coefficient (Wildman–Crippen LogP) is 4.59. The third-order valence-corrected chi connectivity index (χ3v) is 4.12. The lowest BCUT2D eigenvalue weighted by Crippen LogP contribution is -2.22. The third-order valence-electron chi connectivity index (χ3n) is 4.12. The molecule has 2 rings (SSSR count). The van der Waals surface area contributed by atoms with Crippen LogP contribution in [0.2, 0.25) is 0 Å². The van der Waals surface area contributed by atoms with Crippen LogP contribution in [-0.4, -0.2) is 6.54 Å². The quantitative estimate of drug-likeness (QED) is 0.795. The SMILES string of the molecule is CCNC(CCC1CCCC1)c1cc(F)ccc1F. The van der Waals surface area contributed by atoms with Gasteiger partial charge in [-0.05, 0) is 43.5 Å². The molecule has 1 N–H and O–H groups in total. The van der Waals surface area contributed by atoms with Gasteiger partial charge in [-0.15, -0.1) is 0 Å². The first-order valence-corrected chi connectivity index (χ1v) is 7.39. The van der Waals surface area contributed by atoms with Crippen molar-refractivity contribution in [2.75, 3.05) is 6.54 Å². The van der Waals surface area contributed by atoms with Crippen LogP contribution in [0.4, 0.5) is 8.78 Å². The number of halogens is 2. The third kappa shape index (κ3) is 4.00. The van der Waals surface area contributed by atoms with Gasteiger partial charge in [0.1, 0.15) is 11.6 Å². The van der Waals surface area contributed by atoms with Crippen LogP contribution in [0, 0.1) is 17.6 Å². The molecule has 1 nitrogen and oxygen atoms in total. The van der Waals surface area contributed by atoms with Crippen molar-refractivity contribution >= 4 is 0 Å². The molecule has 1 fully saturated rings. The Balaban J connectivity index is 2.03. The molecule has 0 aromatic heterocycles. The van der Waals surface area contributed by atoms with E-state index in [1.54, 1.807) is 0 Å². The average molecular weight is 267 g/mol. The number of nitrogens with one attached hydrogen (secondary N) is 1. The summed E-state index contributed by atoms with van der Waals surface area (Å²) in [5, 5.41) is 3.28. The molecule has 0 bridgehead atoms. The van der Waals surface area contributed by atoms with E-state index in [0.717, 1.165) is 25.3 Å². The summed E-state index contributed by atoms with van der Waals surface area (Å²) in [5.41, 5.74) is 0.472. The Morgan fingerprint density at radius 3 is 2.68 bits per heavy atom. The van der Waals surface area contributed by atoms with Gasteiger partial charge in [-0.3, -0.25) is 0 Å². The van der Waals surface area contributed by atoms with Crippen molar-refractivity contribution < 1.29 is 8.78 Å². The Morgan fingerprint density at radius 1 is 1.26 bits per heavy atom. The van der Waals surface area contributed by atoms with E-state index in [2.05, 4.69) is 5.32 Å².